The molecule has 0 saturated heterocycles. The SMILES string of the molecule is COC(=O)c1ccccc1CSC(N)=[NH2+]. The van der Waals surface area contributed by atoms with E-state index in [1.165, 1.54) is 18.9 Å². The second-order valence-corrected chi connectivity index (χ2v) is 3.89. The van der Waals surface area contributed by atoms with Gasteiger partial charge in [0.1, 0.15) is 0 Å². The number of benzene rings is 1. The van der Waals surface area contributed by atoms with E-state index in [1.54, 1.807) is 12.1 Å². The number of ether oxygens (including phenoxy) is 1. The molecule has 0 aliphatic carbocycles. The van der Waals surface area contributed by atoms with E-state index in [0.717, 1.165) is 5.56 Å². The Morgan fingerprint density at radius 1 is 1.53 bits per heavy atom. The topological polar surface area (TPSA) is 77.9 Å². The molecule has 15 heavy (non-hydrogen) atoms. The Morgan fingerprint density at radius 3 is 2.80 bits per heavy atom. The third-order valence-corrected chi connectivity index (χ3v) is 2.61. The van der Waals surface area contributed by atoms with Crippen LogP contribution in [0.4, 0.5) is 0 Å². The number of methoxy groups -OCH3 is 1. The summed E-state index contributed by atoms with van der Waals surface area (Å²) in [4.78, 5) is 11.4. The molecule has 0 fully saturated rings. The highest BCUT2D eigenvalue weighted by atomic mass is 32.2. The second kappa shape index (κ2) is 5.41. The number of amidine groups is 1. The zero-order valence-corrected chi connectivity index (χ0v) is 9.21. The third kappa shape index (κ3) is 3.28. The van der Waals surface area contributed by atoms with Gasteiger partial charge in [-0.25, -0.2) is 4.79 Å². The van der Waals surface area contributed by atoms with Crippen molar-refractivity contribution in [3.05, 3.63) is 35.4 Å². The Balaban J connectivity index is 2.86. The van der Waals surface area contributed by atoms with Crippen LogP contribution >= 0.6 is 11.8 Å². The molecule has 80 valence electrons. The standard InChI is InChI=1S/C10H12N2O2S/c1-14-9(13)8-5-3-2-4-7(8)6-15-10(11)12/h2-5H,6H2,1H3,(H3,11,12)/p+1. The predicted molar refractivity (Wildman–Crippen MR) is 60.2 cm³/mol. The van der Waals surface area contributed by atoms with Gasteiger partial charge in [0.15, 0.2) is 0 Å². The minimum atomic E-state index is -0.346. The highest BCUT2D eigenvalue weighted by Gasteiger charge is 2.11. The van der Waals surface area contributed by atoms with Crippen molar-refractivity contribution in [1.82, 2.24) is 0 Å². The minimum Gasteiger partial charge on any atom is -0.465 e. The monoisotopic (exact) mass is 225 g/mol. The van der Waals surface area contributed by atoms with Crippen LogP contribution in [0, 0.1) is 0 Å². The van der Waals surface area contributed by atoms with Crippen LogP contribution in [0.2, 0.25) is 0 Å². The minimum absolute atomic E-state index is 0.287. The molecule has 0 heterocycles. The molecule has 0 spiro atoms. The van der Waals surface area contributed by atoms with Crippen molar-refractivity contribution in [3.8, 4) is 0 Å². The normalized spacial score (nSPS) is 9.67. The van der Waals surface area contributed by atoms with Gasteiger partial charge < -0.3 is 4.74 Å². The van der Waals surface area contributed by atoms with Gasteiger partial charge in [0.05, 0.1) is 12.7 Å². The molecule has 1 aromatic rings. The van der Waals surface area contributed by atoms with Crippen LogP contribution in [0.1, 0.15) is 15.9 Å². The number of thioether (sulfide) groups is 1. The van der Waals surface area contributed by atoms with Gasteiger partial charge in [-0.1, -0.05) is 18.2 Å². The summed E-state index contributed by atoms with van der Waals surface area (Å²) in [6, 6.07) is 7.21. The molecule has 0 unspecified atom stereocenters. The van der Waals surface area contributed by atoms with Crippen molar-refractivity contribution in [2.45, 2.75) is 5.75 Å². The summed E-state index contributed by atoms with van der Waals surface area (Å²) in [7, 11) is 1.36. The van der Waals surface area contributed by atoms with Crippen molar-refractivity contribution in [2.75, 3.05) is 7.11 Å². The lowest BCUT2D eigenvalue weighted by Gasteiger charge is -2.05. The van der Waals surface area contributed by atoms with Gasteiger partial charge in [-0.2, -0.15) is 0 Å². The maximum Gasteiger partial charge on any atom is 0.338 e. The summed E-state index contributed by atoms with van der Waals surface area (Å²) in [5.41, 5.74) is 6.75. The molecular weight excluding hydrogens is 212 g/mol. The maximum absolute atomic E-state index is 11.4. The van der Waals surface area contributed by atoms with Gasteiger partial charge in [-0.05, 0) is 23.4 Å². The lowest BCUT2D eigenvalue weighted by atomic mass is 10.1. The lowest BCUT2D eigenvalue weighted by molar-refractivity contribution is -0.110. The molecule has 1 rings (SSSR count). The average Bonchev–Trinajstić information content (AvgIpc) is 2.25. The molecule has 0 aromatic heterocycles. The van der Waals surface area contributed by atoms with Crippen molar-refractivity contribution in [2.24, 2.45) is 5.73 Å². The van der Waals surface area contributed by atoms with Crippen LogP contribution in [-0.2, 0) is 10.5 Å². The van der Waals surface area contributed by atoms with E-state index in [9.17, 15) is 4.79 Å². The molecule has 0 atom stereocenters. The molecule has 0 aliphatic heterocycles. The number of hydrogen-bond acceptors (Lipinski definition) is 3. The molecule has 0 amide bonds. The zero-order chi connectivity index (χ0) is 11.3. The Labute approximate surface area is 92.3 Å². The fraction of sp³-hybridized carbons (Fsp3) is 0.200. The molecule has 4 N–H and O–H groups in total. The van der Waals surface area contributed by atoms with E-state index < -0.39 is 0 Å². The van der Waals surface area contributed by atoms with Gasteiger partial charge in [0.25, 0.3) is 5.17 Å². The molecule has 5 heteroatoms. The van der Waals surface area contributed by atoms with Gasteiger partial charge in [0, 0.05) is 5.75 Å². The molecule has 0 aliphatic rings. The number of esters is 1. The summed E-state index contributed by atoms with van der Waals surface area (Å²) >= 11 is 1.29. The fourth-order valence-corrected chi connectivity index (χ4v) is 1.69. The van der Waals surface area contributed by atoms with Crippen LogP contribution in [-0.4, -0.2) is 18.2 Å². The van der Waals surface area contributed by atoms with Crippen molar-refractivity contribution >= 4 is 22.9 Å². The van der Waals surface area contributed by atoms with E-state index in [-0.39, 0.29) is 11.1 Å². The first-order valence-corrected chi connectivity index (χ1v) is 5.30. The Bertz CT molecular complexity index is 379. The lowest BCUT2D eigenvalue weighted by Crippen LogP contribution is -2.43. The Kier molecular flexibility index (Phi) is 4.17. The number of carbonyl (C=O) groups excluding carboxylic acids is 1. The first-order chi connectivity index (χ1) is 7.15. The van der Waals surface area contributed by atoms with Crippen LogP contribution < -0.4 is 11.1 Å². The highest BCUT2D eigenvalue weighted by molar-refractivity contribution is 8.12. The van der Waals surface area contributed by atoms with Gasteiger partial charge >= 0.3 is 5.97 Å². The smallest absolute Gasteiger partial charge is 0.338 e. The molecule has 0 radical (unpaired) electrons. The van der Waals surface area contributed by atoms with Gasteiger partial charge in [-0.15, -0.1) is 0 Å². The highest BCUT2D eigenvalue weighted by Crippen LogP contribution is 2.16. The molecule has 1 aromatic carbocycles. The number of rotatable bonds is 3. The predicted octanol–water partition coefficient (Wildman–Crippen LogP) is -0.220. The van der Waals surface area contributed by atoms with Gasteiger partial charge in [0.2, 0.25) is 0 Å². The Hall–Kier alpha value is -1.49. The maximum atomic E-state index is 11.4. The van der Waals surface area contributed by atoms with Gasteiger partial charge in [-0.3, -0.25) is 11.1 Å². The summed E-state index contributed by atoms with van der Waals surface area (Å²) in [6.07, 6.45) is 0. The molecular formula is C10H13N2O2S+. The van der Waals surface area contributed by atoms with E-state index in [0.29, 0.717) is 11.3 Å². The van der Waals surface area contributed by atoms with E-state index in [4.69, 9.17) is 11.1 Å². The van der Waals surface area contributed by atoms with Crippen LogP contribution in [0.3, 0.4) is 0 Å². The molecule has 4 nitrogen and oxygen atoms in total. The van der Waals surface area contributed by atoms with Crippen LogP contribution in [0.25, 0.3) is 0 Å². The number of carbonyl (C=O) groups is 1. The summed E-state index contributed by atoms with van der Waals surface area (Å²) in [6.45, 7) is 0. The van der Waals surface area contributed by atoms with Crippen molar-refractivity contribution < 1.29 is 14.9 Å². The van der Waals surface area contributed by atoms with Crippen LogP contribution in [0.5, 0.6) is 0 Å². The molecule has 0 bridgehead atoms. The average molecular weight is 225 g/mol. The first kappa shape index (κ1) is 11.6. The van der Waals surface area contributed by atoms with Crippen molar-refractivity contribution in [1.29, 1.82) is 0 Å². The first-order valence-electron chi connectivity index (χ1n) is 4.32. The van der Waals surface area contributed by atoms with E-state index >= 15 is 0 Å². The number of hydrogen-bond donors (Lipinski definition) is 2. The summed E-state index contributed by atoms with van der Waals surface area (Å²) in [5, 5.41) is 5.63. The fourth-order valence-electron chi connectivity index (χ4n) is 1.12. The largest absolute Gasteiger partial charge is 0.465 e. The van der Waals surface area contributed by atoms with E-state index in [2.05, 4.69) is 4.74 Å². The number of nitrogens with two attached hydrogens (primary N) is 2. The third-order valence-electron chi connectivity index (χ3n) is 1.82. The van der Waals surface area contributed by atoms with E-state index in [1.807, 2.05) is 12.1 Å². The molecule has 0 saturated carbocycles. The van der Waals surface area contributed by atoms with Crippen LogP contribution in [0.15, 0.2) is 24.3 Å². The zero-order valence-electron chi connectivity index (χ0n) is 8.40. The van der Waals surface area contributed by atoms with Crippen molar-refractivity contribution in [3.63, 3.8) is 0 Å². The summed E-state index contributed by atoms with van der Waals surface area (Å²) < 4.78 is 4.67. The summed E-state index contributed by atoms with van der Waals surface area (Å²) in [5.74, 6) is 0.218. The quantitative estimate of drug-likeness (QED) is 0.423. The second-order valence-electron chi connectivity index (χ2n) is 2.84. The Morgan fingerprint density at radius 2 is 2.20 bits per heavy atom.